The molecule has 1 saturated heterocycles. The topological polar surface area (TPSA) is 12.0 Å². The largest absolute Gasteiger partial charge is 0.316 e. The molecule has 24 heavy (non-hydrogen) atoms. The molecule has 0 unspecified atom stereocenters. The van der Waals surface area contributed by atoms with E-state index in [1.54, 1.807) is 0 Å². The van der Waals surface area contributed by atoms with Gasteiger partial charge in [-0.25, -0.2) is 0 Å². The third kappa shape index (κ3) is 5.75. The minimum Gasteiger partial charge on any atom is -0.316 e. The summed E-state index contributed by atoms with van der Waals surface area (Å²) in [5.74, 6) is 1.97. The quantitative estimate of drug-likeness (QED) is 0.512. The van der Waals surface area contributed by atoms with Crippen LogP contribution in [0.25, 0.3) is 0 Å². The molecule has 2 aliphatic carbocycles. The first-order valence-electron chi connectivity index (χ1n) is 10.8. The first-order chi connectivity index (χ1) is 11.1. The molecule has 0 aromatic carbocycles. The maximum Gasteiger partial charge on any atom is 0.000829 e. The van der Waals surface area contributed by atoms with Gasteiger partial charge >= 0.3 is 0 Å². The smallest absolute Gasteiger partial charge is 0.000829 e. The van der Waals surface area contributed by atoms with Crippen LogP contribution < -0.4 is 5.32 Å². The van der Waals surface area contributed by atoms with Crippen molar-refractivity contribution in [3.63, 3.8) is 0 Å². The predicted octanol–water partition coefficient (Wildman–Crippen LogP) is 6.82. The lowest BCUT2D eigenvalue weighted by atomic mass is 9.64. The molecule has 3 fully saturated rings. The summed E-state index contributed by atoms with van der Waals surface area (Å²) < 4.78 is 0. The fraction of sp³-hybridized carbons (Fsp3) is 1.00. The van der Waals surface area contributed by atoms with E-state index in [1.807, 2.05) is 0 Å². The molecule has 1 heteroatoms. The predicted molar refractivity (Wildman–Crippen MR) is 107 cm³/mol. The summed E-state index contributed by atoms with van der Waals surface area (Å²) in [5, 5.41) is 3.54. The molecule has 142 valence electrons. The molecular formula is C23H45N. The maximum absolute atomic E-state index is 3.54. The zero-order chi connectivity index (χ0) is 17.8. The number of hydrogen-bond acceptors (Lipinski definition) is 1. The first kappa shape index (κ1) is 20.3. The van der Waals surface area contributed by atoms with Crippen molar-refractivity contribution in [2.75, 3.05) is 13.1 Å². The summed E-state index contributed by atoms with van der Waals surface area (Å²) in [4.78, 5) is 0. The fourth-order valence-electron chi connectivity index (χ4n) is 5.29. The average molecular weight is 336 g/mol. The van der Waals surface area contributed by atoms with Crippen LogP contribution in [0, 0.1) is 28.1 Å². The molecule has 0 amide bonds. The monoisotopic (exact) mass is 335 g/mol. The molecule has 1 nitrogen and oxygen atoms in total. The number of hydrogen-bond donors (Lipinski definition) is 1. The van der Waals surface area contributed by atoms with E-state index in [0.717, 1.165) is 11.8 Å². The van der Waals surface area contributed by atoms with Gasteiger partial charge in [0.05, 0.1) is 0 Å². The zero-order valence-corrected chi connectivity index (χ0v) is 17.6. The molecular weight excluding hydrogens is 290 g/mol. The summed E-state index contributed by atoms with van der Waals surface area (Å²) in [7, 11) is 0. The van der Waals surface area contributed by atoms with Crippen LogP contribution in [0.4, 0.5) is 0 Å². The highest BCUT2D eigenvalue weighted by Crippen LogP contribution is 2.47. The minimum atomic E-state index is 0.535. The molecule has 0 radical (unpaired) electrons. The highest BCUT2D eigenvalue weighted by molar-refractivity contribution is 4.93. The zero-order valence-electron chi connectivity index (χ0n) is 17.6. The van der Waals surface area contributed by atoms with Crippen molar-refractivity contribution in [3.05, 3.63) is 0 Å². The molecule has 3 aliphatic rings. The SMILES string of the molecule is CC(C)(C)C1CCC2(CCNC2)CC1.CC(C)(C)C1CCCCC1. The van der Waals surface area contributed by atoms with Crippen LogP contribution >= 0.6 is 0 Å². The van der Waals surface area contributed by atoms with Gasteiger partial charge in [-0.05, 0) is 79.6 Å². The summed E-state index contributed by atoms with van der Waals surface area (Å²) >= 11 is 0. The maximum atomic E-state index is 3.54. The standard InChI is InChI=1S/C13H25N.C10H20/c1-12(2,3)11-4-6-13(7-5-11)8-9-14-10-13;1-10(2,3)9-7-5-4-6-8-9/h11,14H,4-10H2,1-3H3;9H,4-8H2,1-3H3. The Hall–Kier alpha value is -0.0400. The van der Waals surface area contributed by atoms with Gasteiger partial charge in [-0.2, -0.15) is 0 Å². The van der Waals surface area contributed by atoms with Crippen molar-refractivity contribution < 1.29 is 0 Å². The lowest BCUT2D eigenvalue weighted by molar-refractivity contribution is 0.100. The van der Waals surface area contributed by atoms with E-state index in [2.05, 4.69) is 46.9 Å². The molecule has 1 spiro atoms. The summed E-state index contributed by atoms with van der Waals surface area (Å²) in [6.45, 7) is 16.9. The molecule has 3 rings (SSSR count). The fourth-order valence-corrected chi connectivity index (χ4v) is 5.29. The number of rotatable bonds is 0. The normalized spacial score (nSPS) is 32.5. The van der Waals surface area contributed by atoms with Crippen LogP contribution in [-0.4, -0.2) is 13.1 Å². The Labute approximate surface area is 152 Å². The van der Waals surface area contributed by atoms with E-state index in [-0.39, 0.29) is 0 Å². The van der Waals surface area contributed by atoms with Crippen molar-refractivity contribution in [1.29, 1.82) is 0 Å². The Morgan fingerprint density at radius 1 is 0.667 bits per heavy atom. The van der Waals surface area contributed by atoms with Crippen LogP contribution in [0.15, 0.2) is 0 Å². The summed E-state index contributed by atoms with van der Waals surface area (Å²) in [6.07, 6.45) is 14.7. The van der Waals surface area contributed by atoms with Crippen LogP contribution in [0.2, 0.25) is 0 Å². The number of nitrogens with one attached hydrogen (secondary N) is 1. The Kier molecular flexibility index (Phi) is 6.85. The molecule has 1 N–H and O–H groups in total. The van der Waals surface area contributed by atoms with Crippen LogP contribution in [0.3, 0.4) is 0 Å². The lowest BCUT2D eigenvalue weighted by Crippen LogP contribution is -2.33. The van der Waals surface area contributed by atoms with Crippen LogP contribution in [0.5, 0.6) is 0 Å². The van der Waals surface area contributed by atoms with Crippen molar-refractivity contribution in [1.82, 2.24) is 5.32 Å². The van der Waals surface area contributed by atoms with Crippen molar-refractivity contribution >= 4 is 0 Å². The molecule has 2 saturated carbocycles. The van der Waals surface area contributed by atoms with E-state index in [4.69, 9.17) is 0 Å². The van der Waals surface area contributed by atoms with Gasteiger partial charge in [0.1, 0.15) is 0 Å². The molecule has 0 atom stereocenters. The average Bonchev–Trinajstić information content (AvgIpc) is 2.96. The highest BCUT2D eigenvalue weighted by atomic mass is 14.9. The molecule has 1 aliphatic heterocycles. The van der Waals surface area contributed by atoms with E-state index in [1.165, 1.54) is 77.3 Å². The second-order valence-electron chi connectivity index (χ2n) is 11.3. The first-order valence-corrected chi connectivity index (χ1v) is 10.8. The molecule has 1 heterocycles. The van der Waals surface area contributed by atoms with Crippen molar-refractivity contribution in [2.45, 2.75) is 106 Å². The van der Waals surface area contributed by atoms with Gasteiger partial charge in [0, 0.05) is 6.54 Å². The van der Waals surface area contributed by atoms with Crippen molar-refractivity contribution in [3.8, 4) is 0 Å². The van der Waals surface area contributed by atoms with E-state index in [9.17, 15) is 0 Å². The summed E-state index contributed by atoms with van der Waals surface area (Å²) in [6, 6.07) is 0. The Morgan fingerprint density at radius 3 is 1.54 bits per heavy atom. The third-order valence-electron chi connectivity index (χ3n) is 7.43. The highest BCUT2D eigenvalue weighted by Gasteiger charge is 2.40. The van der Waals surface area contributed by atoms with E-state index >= 15 is 0 Å². The van der Waals surface area contributed by atoms with Gasteiger partial charge in [-0.1, -0.05) is 60.8 Å². The lowest BCUT2D eigenvalue weighted by Gasteiger charge is -2.42. The second-order valence-corrected chi connectivity index (χ2v) is 11.3. The van der Waals surface area contributed by atoms with Gasteiger partial charge < -0.3 is 5.32 Å². The Morgan fingerprint density at radius 2 is 1.17 bits per heavy atom. The molecule has 0 aromatic rings. The van der Waals surface area contributed by atoms with E-state index < -0.39 is 0 Å². The third-order valence-corrected chi connectivity index (χ3v) is 7.43. The Bertz CT molecular complexity index is 348. The second kappa shape index (κ2) is 8.11. The van der Waals surface area contributed by atoms with E-state index in [0.29, 0.717) is 16.2 Å². The van der Waals surface area contributed by atoms with Gasteiger partial charge in [0.25, 0.3) is 0 Å². The van der Waals surface area contributed by atoms with Crippen molar-refractivity contribution in [2.24, 2.45) is 28.1 Å². The summed E-state index contributed by atoms with van der Waals surface area (Å²) in [5.41, 5.74) is 1.82. The molecule has 0 bridgehead atoms. The Balaban J connectivity index is 0.000000185. The van der Waals surface area contributed by atoms with Crippen LogP contribution in [-0.2, 0) is 0 Å². The van der Waals surface area contributed by atoms with Gasteiger partial charge in [0.2, 0.25) is 0 Å². The molecule has 0 aromatic heterocycles. The van der Waals surface area contributed by atoms with Gasteiger partial charge in [-0.3, -0.25) is 0 Å². The van der Waals surface area contributed by atoms with Gasteiger partial charge in [0.15, 0.2) is 0 Å². The van der Waals surface area contributed by atoms with Crippen LogP contribution in [0.1, 0.15) is 106 Å². The van der Waals surface area contributed by atoms with Gasteiger partial charge in [-0.15, -0.1) is 0 Å². The minimum absolute atomic E-state index is 0.535.